The number of aryl methyl sites for hydroxylation is 2. The smallest absolute Gasteiger partial charge is 0.170 e. The molecule has 0 saturated carbocycles. The van der Waals surface area contributed by atoms with E-state index in [2.05, 4.69) is 10.2 Å². The first-order chi connectivity index (χ1) is 8.74. The van der Waals surface area contributed by atoms with Gasteiger partial charge in [0.15, 0.2) is 5.82 Å². The molecule has 3 rings (SSSR count). The lowest BCUT2D eigenvalue weighted by molar-refractivity contribution is 0.180. The van der Waals surface area contributed by atoms with Crippen molar-refractivity contribution >= 4 is 0 Å². The van der Waals surface area contributed by atoms with Crippen LogP contribution in [0.4, 0.5) is 0 Å². The van der Waals surface area contributed by atoms with Crippen LogP contribution in [0.25, 0.3) is 0 Å². The molecule has 5 heteroatoms. The van der Waals surface area contributed by atoms with E-state index in [-0.39, 0.29) is 6.10 Å². The van der Waals surface area contributed by atoms with Crippen LogP contribution in [-0.2, 0) is 20.1 Å². The maximum atomic E-state index is 9.73. The van der Waals surface area contributed by atoms with E-state index >= 15 is 0 Å². The normalized spacial score (nSPS) is 17.8. The van der Waals surface area contributed by atoms with Gasteiger partial charge in [0, 0.05) is 7.05 Å². The number of aliphatic hydroxyl groups excluding tert-OH is 1. The molecule has 0 radical (unpaired) electrons. The Morgan fingerprint density at radius 1 is 1.50 bits per heavy atom. The van der Waals surface area contributed by atoms with Crippen LogP contribution in [0.5, 0.6) is 5.75 Å². The lowest BCUT2D eigenvalue weighted by atomic mass is 10.1. The zero-order chi connectivity index (χ0) is 12.5. The molecule has 1 aliphatic carbocycles. The molecular formula is C13H15N3O2. The Kier molecular flexibility index (Phi) is 2.76. The average molecular weight is 245 g/mol. The van der Waals surface area contributed by atoms with Crippen LogP contribution in [-0.4, -0.2) is 19.9 Å². The molecule has 1 heterocycles. The van der Waals surface area contributed by atoms with Crippen molar-refractivity contribution in [3.63, 3.8) is 0 Å². The van der Waals surface area contributed by atoms with Gasteiger partial charge in [-0.15, -0.1) is 10.2 Å². The lowest BCUT2D eigenvalue weighted by Gasteiger charge is -2.08. The predicted octanol–water partition coefficient (Wildman–Crippen LogP) is 1.37. The van der Waals surface area contributed by atoms with E-state index in [1.807, 2.05) is 29.8 Å². The number of aliphatic hydroxyl groups is 1. The number of ether oxygens (including phenoxy) is 1. The molecule has 5 nitrogen and oxygen atoms in total. The number of aromatic nitrogens is 3. The topological polar surface area (TPSA) is 60.2 Å². The molecule has 1 atom stereocenters. The number of hydrogen-bond acceptors (Lipinski definition) is 4. The molecule has 1 aliphatic rings. The highest BCUT2D eigenvalue weighted by Gasteiger charge is 2.20. The van der Waals surface area contributed by atoms with Gasteiger partial charge in [-0.1, -0.05) is 6.07 Å². The standard InChI is InChI=1S/C13H15N3O2/c1-16-8-14-15-13(16)7-18-10-3-4-11-9(6-10)2-5-12(11)17/h3-4,6,8,12,17H,2,5,7H2,1H3/t12-/m1/s1. The van der Waals surface area contributed by atoms with E-state index in [4.69, 9.17) is 4.74 Å². The van der Waals surface area contributed by atoms with Gasteiger partial charge in [0.1, 0.15) is 18.7 Å². The summed E-state index contributed by atoms with van der Waals surface area (Å²) in [5, 5.41) is 17.5. The Hall–Kier alpha value is -1.88. The van der Waals surface area contributed by atoms with E-state index in [0.29, 0.717) is 6.61 Å². The van der Waals surface area contributed by atoms with Crippen LogP contribution in [0, 0.1) is 0 Å². The summed E-state index contributed by atoms with van der Waals surface area (Å²) in [5.41, 5.74) is 2.21. The van der Waals surface area contributed by atoms with E-state index in [1.54, 1.807) is 6.33 Å². The Bertz CT molecular complexity index is 565. The molecule has 0 amide bonds. The molecule has 18 heavy (non-hydrogen) atoms. The summed E-state index contributed by atoms with van der Waals surface area (Å²) in [6, 6.07) is 5.84. The number of nitrogens with zero attached hydrogens (tertiary/aromatic N) is 3. The van der Waals surface area contributed by atoms with Crippen LogP contribution in [0.3, 0.4) is 0 Å². The first-order valence-corrected chi connectivity index (χ1v) is 6.00. The van der Waals surface area contributed by atoms with Crippen LogP contribution in [0.15, 0.2) is 24.5 Å². The zero-order valence-corrected chi connectivity index (χ0v) is 10.2. The number of benzene rings is 1. The molecule has 0 bridgehead atoms. The van der Waals surface area contributed by atoms with Crippen molar-refractivity contribution in [1.82, 2.24) is 14.8 Å². The fourth-order valence-electron chi connectivity index (χ4n) is 2.25. The van der Waals surface area contributed by atoms with Gasteiger partial charge in [-0.2, -0.15) is 0 Å². The van der Waals surface area contributed by atoms with Crippen molar-refractivity contribution in [2.24, 2.45) is 7.05 Å². The summed E-state index contributed by atoms with van der Waals surface area (Å²) in [6.45, 7) is 0.401. The SMILES string of the molecule is Cn1cnnc1COc1ccc2c(c1)CC[C@H]2O. The second-order valence-electron chi connectivity index (χ2n) is 4.56. The second kappa shape index (κ2) is 4.42. The van der Waals surface area contributed by atoms with Crippen LogP contribution >= 0.6 is 0 Å². The fourth-order valence-corrected chi connectivity index (χ4v) is 2.25. The third kappa shape index (κ3) is 1.97. The molecule has 0 saturated heterocycles. The second-order valence-corrected chi connectivity index (χ2v) is 4.56. The summed E-state index contributed by atoms with van der Waals surface area (Å²) >= 11 is 0. The van der Waals surface area contributed by atoms with Crippen LogP contribution in [0.2, 0.25) is 0 Å². The first-order valence-electron chi connectivity index (χ1n) is 6.00. The zero-order valence-electron chi connectivity index (χ0n) is 10.2. The van der Waals surface area contributed by atoms with Crippen molar-refractivity contribution in [1.29, 1.82) is 0 Å². The quantitative estimate of drug-likeness (QED) is 0.887. The third-order valence-electron chi connectivity index (χ3n) is 3.33. The molecule has 1 aromatic carbocycles. The Labute approximate surface area is 105 Å². The Balaban J connectivity index is 1.73. The highest BCUT2D eigenvalue weighted by Crippen LogP contribution is 2.33. The van der Waals surface area contributed by atoms with Gasteiger partial charge in [0.2, 0.25) is 0 Å². The molecule has 0 fully saturated rings. The lowest BCUT2D eigenvalue weighted by Crippen LogP contribution is -2.03. The Morgan fingerprint density at radius 2 is 2.39 bits per heavy atom. The van der Waals surface area contributed by atoms with E-state index in [1.165, 1.54) is 5.56 Å². The molecule has 1 aromatic heterocycles. The summed E-state index contributed by atoms with van der Waals surface area (Å²) in [5.74, 6) is 1.60. The summed E-state index contributed by atoms with van der Waals surface area (Å²) in [7, 11) is 1.89. The van der Waals surface area contributed by atoms with Crippen molar-refractivity contribution in [2.45, 2.75) is 25.6 Å². The maximum absolute atomic E-state index is 9.73. The predicted molar refractivity (Wildman–Crippen MR) is 65.1 cm³/mol. The van der Waals surface area contributed by atoms with Crippen molar-refractivity contribution in [3.05, 3.63) is 41.5 Å². The van der Waals surface area contributed by atoms with E-state index < -0.39 is 0 Å². The van der Waals surface area contributed by atoms with E-state index in [9.17, 15) is 5.11 Å². The van der Waals surface area contributed by atoms with Gasteiger partial charge >= 0.3 is 0 Å². The molecular weight excluding hydrogens is 230 g/mol. The molecule has 2 aromatic rings. The van der Waals surface area contributed by atoms with Crippen molar-refractivity contribution < 1.29 is 9.84 Å². The summed E-state index contributed by atoms with van der Waals surface area (Å²) in [4.78, 5) is 0. The molecule has 1 N–H and O–H groups in total. The van der Waals surface area contributed by atoms with Gasteiger partial charge < -0.3 is 14.4 Å². The molecule has 0 unspecified atom stereocenters. The van der Waals surface area contributed by atoms with Gasteiger partial charge in [0.05, 0.1) is 6.10 Å². The molecule has 94 valence electrons. The van der Waals surface area contributed by atoms with Gasteiger partial charge in [-0.05, 0) is 36.1 Å². The number of hydrogen-bond donors (Lipinski definition) is 1. The summed E-state index contributed by atoms with van der Waals surface area (Å²) in [6.07, 6.45) is 3.06. The minimum atomic E-state index is -0.312. The number of fused-ring (bicyclic) bond motifs is 1. The van der Waals surface area contributed by atoms with Crippen molar-refractivity contribution in [3.8, 4) is 5.75 Å². The van der Waals surface area contributed by atoms with Gasteiger partial charge in [0.25, 0.3) is 0 Å². The van der Waals surface area contributed by atoms with Crippen LogP contribution < -0.4 is 4.74 Å². The highest BCUT2D eigenvalue weighted by molar-refractivity contribution is 5.39. The Morgan fingerprint density at radius 3 is 3.17 bits per heavy atom. The van der Waals surface area contributed by atoms with Gasteiger partial charge in [-0.25, -0.2) is 0 Å². The monoisotopic (exact) mass is 245 g/mol. The maximum Gasteiger partial charge on any atom is 0.170 e. The van der Waals surface area contributed by atoms with E-state index in [0.717, 1.165) is 30.0 Å². The summed E-state index contributed by atoms with van der Waals surface area (Å²) < 4.78 is 7.52. The third-order valence-corrected chi connectivity index (χ3v) is 3.33. The number of rotatable bonds is 3. The minimum Gasteiger partial charge on any atom is -0.486 e. The van der Waals surface area contributed by atoms with Crippen LogP contribution in [0.1, 0.15) is 29.5 Å². The molecule has 0 spiro atoms. The molecule has 0 aliphatic heterocycles. The van der Waals surface area contributed by atoms with Gasteiger partial charge in [-0.3, -0.25) is 0 Å². The minimum absolute atomic E-state index is 0.312. The van der Waals surface area contributed by atoms with Crippen molar-refractivity contribution in [2.75, 3.05) is 0 Å². The highest BCUT2D eigenvalue weighted by atomic mass is 16.5. The first kappa shape index (κ1) is 11.2. The largest absolute Gasteiger partial charge is 0.486 e. The fraction of sp³-hybridized carbons (Fsp3) is 0.385. The average Bonchev–Trinajstić information content (AvgIpc) is 2.94.